The lowest BCUT2D eigenvalue weighted by Crippen LogP contribution is -2.46. The number of alkyl halides is 3. The van der Waals surface area contributed by atoms with Crippen molar-refractivity contribution in [2.24, 2.45) is 5.92 Å². The minimum absolute atomic E-state index is 0.0229. The average molecular weight is 624 g/mol. The number of carbonyl (C=O) groups is 2. The van der Waals surface area contributed by atoms with Crippen LogP contribution >= 0.6 is 0 Å². The summed E-state index contributed by atoms with van der Waals surface area (Å²) in [5.74, 6) is -1.99. The molecule has 1 N–H and O–H groups in total. The van der Waals surface area contributed by atoms with Gasteiger partial charge in [-0.05, 0) is 85.0 Å². The average Bonchev–Trinajstić information content (AvgIpc) is 3.46. The van der Waals surface area contributed by atoms with E-state index in [2.05, 4.69) is 26.1 Å². The Hall–Kier alpha value is -3.72. The number of anilines is 1. The molecule has 2 saturated heterocycles. The van der Waals surface area contributed by atoms with E-state index >= 15 is 4.39 Å². The number of carbonyl (C=O) groups excluding carboxylic acids is 2. The van der Waals surface area contributed by atoms with Crippen LogP contribution in [0.15, 0.2) is 66.7 Å². The number of aryl methyl sites for hydroxylation is 1. The number of likely N-dealkylation sites (tertiary alicyclic amines) is 2. The highest BCUT2D eigenvalue weighted by molar-refractivity contribution is 5.98. The maximum atomic E-state index is 15.0. The fourth-order valence-electron chi connectivity index (χ4n) is 6.70. The van der Waals surface area contributed by atoms with Gasteiger partial charge in [-0.1, -0.05) is 69.3 Å². The number of nitrogens with zero attached hydrogens (tertiary/aromatic N) is 2. The van der Waals surface area contributed by atoms with Crippen LogP contribution in [0.4, 0.5) is 23.2 Å². The van der Waals surface area contributed by atoms with E-state index in [9.17, 15) is 22.8 Å². The van der Waals surface area contributed by atoms with Crippen LogP contribution in [0, 0.1) is 18.7 Å². The van der Waals surface area contributed by atoms with Crippen molar-refractivity contribution in [2.45, 2.75) is 83.6 Å². The minimum Gasteiger partial charge on any atom is -0.331 e. The first kappa shape index (κ1) is 32.7. The standard InChI is InChI=1S/C36H41F4N3O2/c1-23-9-5-13-29(37)31(23)34(45)43-20-7-12-28(33(44)41-27-11-6-10-26(21-27)35(2,3)4)32(43)25-17-15-24(16-18-25)22-42-19-8-14-30(42)36(38,39)40/h5-6,9-11,13,15-18,21,28,30,32H,7-8,12,14,19-20,22H2,1-4H3,(H,41,44). The van der Waals surface area contributed by atoms with E-state index in [0.29, 0.717) is 54.7 Å². The van der Waals surface area contributed by atoms with Gasteiger partial charge in [0, 0.05) is 18.8 Å². The van der Waals surface area contributed by atoms with Crippen molar-refractivity contribution in [3.05, 3.63) is 100 Å². The molecule has 3 aromatic rings. The molecule has 3 atom stereocenters. The molecule has 5 rings (SSSR count). The monoisotopic (exact) mass is 623 g/mol. The molecule has 240 valence electrons. The lowest BCUT2D eigenvalue weighted by molar-refractivity contribution is -0.177. The highest BCUT2D eigenvalue weighted by Gasteiger charge is 2.46. The molecular weight excluding hydrogens is 582 g/mol. The first-order valence-corrected chi connectivity index (χ1v) is 15.6. The molecule has 2 aliphatic rings. The van der Waals surface area contributed by atoms with Gasteiger partial charge in [0.1, 0.15) is 11.9 Å². The molecule has 3 aromatic carbocycles. The van der Waals surface area contributed by atoms with E-state index in [0.717, 1.165) is 5.56 Å². The first-order valence-electron chi connectivity index (χ1n) is 15.6. The predicted octanol–water partition coefficient (Wildman–Crippen LogP) is 8.19. The van der Waals surface area contributed by atoms with Crippen molar-refractivity contribution >= 4 is 17.5 Å². The molecule has 45 heavy (non-hydrogen) atoms. The van der Waals surface area contributed by atoms with Crippen LogP contribution in [0.5, 0.6) is 0 Å². The van der Waals surface area contributed by atoms with Crippen molar-refractivity contribution in [1.82, 2.24) is 9.80 Å². The summed E-state index contributed by atoms with van der Waals surface area (Å²) in [6, 6.07) is 17.2. The molecule has 3 unspecified atom stereocenters. The van der Waals surface area contributed by atoms with E-state index in [1.54, 1.807) is 48.2 Å². The summed E-state index contributed by atoms with van der Waals surface area (Å²) in [6.45, 7) is 8.83. The van der Waals surface area contributed by atoms with Crippen LogP contribution in [-0.2, 0) is 16.8 Å². The fraction of sp³-hybridized carbons (Fsp3) is 0.444. The van der Waals surface area contributed by atoms with Crippen molar-refractivity contribution in [1.29, 1.82) is 0 Å². The number of hydrogen-bond donors (Lipinski definition) is 1. The number of benzene rings is 3. The lowest BCUT2D eigenvalue weighted by Gasteiger charge is -2.41. The largest absolute Gasteiger partial charge is 0.404 e. The first-order chi connectivity index (χ1) is 21.2. The summed E-state index contributed by atoms with van der Waals surface area (Å²) in [4.78, 5) is 31.0. The van der Waals surface area contributed by atoms with E-state index in [1.165, 1.54) is 11.0 Å². The smallest absolute Gasteiger partial charge is 0.331 e. The summed E-state index contributed by atoms with van der Waals surface area (Å²) in [7, 11) is 0. The van der Waals surface area contributed by atoms with Crippen molar-refractivity contribution in [2.75, 3.05) is 18.4 Å². The Bertz CT molecular complexity index is 1510. The second-order valence-electron chi connectivity index (χ2n) is 13.4. The Labute approximate surface area is 262 Å². The summed E-state index contributed by atoms with van der Waals surface area (Å²) in [6.07, 6.45) is -2.63. The van der Waals surface area contributed by atoms with E-state index < -0.39 is 35.9 Å². The third-order valence-corrected chi connectivity index (χ3v) is 9.11. The molecule has 2 amide bonds. The second kappa shape index (κ2) is 12.9. The molecule has 0 aromatic heterocycles. The molecule has 9 heteroatoms. The van der Waals surface area contributed by atoms with Crippen LogP contribution in [-0.4, -0.2) is 46.9 Å². The number of amides is 2. The van der Waals surface area contributed by atoms with Crippen LogP contribution < -0.4 is 5.32 Å². The maximum Gasteiger partial charge on any atom is 0.404 e. The molecule has 0 radical (unpaired) electrons. The van der Waals surface area contributed by atoms with E-state index in [1.807, 2.05) is 24.3 Å². The Morgan fingerprint density at radius 3 is 2.27 bits per heavy atom. The maximum absolute atomic E-state index is 15.0. The molecule has 2 fully saturated rings. The number of halogens is 4. The van der Waals surface area contributed by atoms with Crippen molar-refractivity contribution in [3.8, 4) is 0 Å². The second-order valence-corrected chi connectivity index (χ2v) is 13.4. The van der Waals surface area contributed by atoms with Gasteiger partial charge in [-0.3, -0.25) is 14.5 Å². The van der Waals surface area contributed by atoms with Crippen molar-refractivity contribution < 1.29 is 27.2 Å². The Morgan fingerprint density at radius 1 is 0.911 bits per heavy atom. The Kier molecular flexibility index (Phi) is 9.40. The summed E-state index contributed by atoms with van der Waals surface area (Å²) < 4.78 is 55.7. The Morgan fingerprint density at radius 2 is 1.60 bits per heavy atom. The Balaban J connectivity index is 1.46. The zero-order valence-corrected chi connectivity index (χ0v) is 26.3. The zero-order valence-electron chi connectivity index (χ0n) is 26.3. The summed E-state index contributed by atoms with van der Waals surface area (Å²) >= 11 is 0. The topological polar surface area (TPSA) is 52.7 Å². The fourth-order valence-corrected chi connectivity index (χ4v) is 6.70. The van der Waals surface area contributed by atoms with Gasteiger partial charge in [-0.25, -0.2) is 4.39 Å². The van der Waals surface area contributed by atoms with Gasteiger partial charge in [-0.2, -0.15) is 13.2 Å². The number of hydrogen-bond acceptors (Lipinski definition) is 3. The minimum atomic E-state index is -4.28. The molecule has 2 aliphatic heterocycles. The molecule has 5 nitrogen and oxygen atoms in total. The van der Waals surface area contributed by atoms with Gasteiger partial charge < -0.3 is 10.2 Å². The SMILES string of the molecule is Cc1cccc(F)c1C(=O)N1CCCC(C(=O)Nc2cccc(C(C)(C)C)c2)C1c1ccc(CN2CCCC2C(F)(F)F)cc1. The number of rotatable bonds is 6. The highest BCUT2D eigenvalue weighted by Crippen LogP contribution is 2.39. The third-order valence-electron chi connectivity index (χ3n) is 9.11. The predicted molar refractivity (Wildman–Crippen MR) is 167 cm³/mol. The zero-order chi connectivity index (χ0) is 32.5. The van der Waals surface area contributed by atoms with Gasteiger partial charge in [0.05, 0.1) is 17.5 Å². The van der Waals surface area contributed by atoms with Gasteiger partial charge in [-0.15, -0.1) is 0 Å². The molecule has 0 saturated carbocycles. The van der Waals surface area contributed by atoms with Gasteiger partial charge in [0.15, 0.2) is 0 Å². The number of piperidine rings is 1. The van der Waals surface area contributed by atoms with E-state index in [4.69, 9.17) is 0 Å². The van der Waals surface area contributed by atoms with Crippen LogP contribution in [0.2, 0.25) is 0 Å². The van der Waals surface area contributed by atoms with Gasteiger partial charge >= 0.3 is 6.18 Å². The van der Waals surface area contributed by atoms with Gasteiger partial charge in [0.2, 0.25) is 5.91 Å². The summed E-state index contributed by atoms with van der Waals surface area (Å²) in [5, 5.41) is 3.06. The molecule has 0 aliphatic carbocycles. The quantitative estimate of drug-likeness (QED) is 0.282. The highest BCUT2D eigenvalue weighted by atomic mass is 19.4. The van der Waals surface area contributed by atoms with Crippen LogP contribution in [0.1, 0.15) is 85.1 Å². The lowest BCUT2D eigenvalue weighted by atomic mass is 9.82. The molecule has 0 bridgehead atoms. The normalized spacial score (nSPS) is 21.2. The summed E-state index contributed by atoms with van der Waals surface area (Å²) in [5.41, 5.74) is 3.47. The molecular formula is C36H41F4N3O2. The number of nitrogens with one attached hydrogen (secondary N) is 1. The third kappa shape index (κ3) is 7.24. The van der Waals surface area contributed by atoms with E-state index in [-0.39, 0.29) is 29.9 Å². The molecule has 2 heterocycles. The van der Waals surface area contributed by atoms with Crippen LogP contribution in [0.3, 0.4) is 0 Å². The van der Waals surface area contributed by atoms with Gasteiger partial charge in [0.25, 0.3) is 5.91 Å². The van der Waals surface area contributed by atoms with Crippen molar-refractivity contribution in [3.63, 3.8) is 0 Å². The molecule has 0 spiro atoms. The van der Waals surface area contributed by atoms with Crippen LogP contribution in [0.25, 0.3) is 0 Å².